The Balaban J connectivity index is 1.92. The van der Waals surface area contributed by atoms with Gasteiger partial charge >= 0.3 is 0 Å². The molecule has 0 fully saturated rings. The summed E-state index contributed by atoms with van der Waals surface area (Å²) in [7, 11) is 1.87. The summed E-state index contributed by atoms with van der Waals surface area (Å²) >= 11 is 1.56. The number of nitrogens with zero attached hydrogens (tertiary/aromatic N) is 4. The van der Waals surface area contributed by atoms with Crippen LogP contribution in [0.1, 0.15) is 0 Å². The highest BCUT2D eigenvalue weighted by molar-refractivity contribution is 7.17. The van der Waals surface area contributed by atoms with Gasteiger partial charge in [-0.15, -0.1) is 11.3 Å². The molecule has 0 saturated heterocycles. The Morgan fingerprint density at radius 3 is 2.82 bits per heavy atom. The standard InChI is InChI=1S/C16H11FN4S/c1-21-8-10(6-19-21)14-2-3-15-16(20-14)12(9-22-15)11-4-5-18-7-13(11)17/h2-9H,1H3. The smallest absolute Gasteiger partial charge is 0.149 e. The lowest BCUT2D eigenvalue weighted by molar-refractivity contribution is 0.625. The maximum atomic E-state index is 14.0. The van der Waals surface area contributed by atoms with Crippen LogP contribution in [0.25, 0.3) is 32.6 Å². The van der Waals surface area contributed by atoms with Crippen molar-refractivity contribution in [2.75, 3.05) is 0 Å². The predicted octanol–water partition coefficient (Wildman–Crippen LogP) is 3.90. The maximum absolute atomic E-state index is 14.0. The Bertz CT molecular complexity index is 973. The topological polar surface area (TPSA) is 43.6 Å². The first-order valence-corrected chi connectivity index (χ1v) is 7.57. The van der Waals surface area contributed by atoms with Crippen molar-refractivity contribution in [1.29, 1.82) is 0 Å². The molecule has 0 aliphatic heterocycles. The largest absolute Gasteiger partial charge is 0.275 e. The molecule has 108 valence electrons. The van der Waals surface area contributed by atoms with Crippen LogP contribution in [0.3, 0.4) is 0 Å². The van der Waals surface area contributed by atoms with Crippen molar-refractivity contribution < 1.29 is 4.39 Å². The molecule has 0 aliphatic carbocycles. The first kappa shape index (κ1) is 13.1. The molecule has 0 unspecified atom stereocenters. The molecule has 22 heavy (non-hydrogen) atoms. The van der Waals surface area contributed by atoms with E-state index in [9.17, 15) is 4.39 Å². The zero-order chi connectivity index (χ0) is 15.1. The van der Waals surface area contributed by atoms with E-state index in [2.05, 4.69) is 10.1 Å². The summed E-state index contributed by atoms with van der Waals surface area (Å²) in [5.74, 6) is -0.337. The fourth-order valence-corrected chi connectivity index (χ4v) is 3.31. The Hall–Kier alpha value is -2.60. The van der Waals surface area contributed by atoms with Crippen molar-refractivity contribution in [3.8, 4) is 22.4 Å². The van der Waals surface area contributed by atoms with Crippen LogP contribution in [-0.2, 0) is 7.05 Å². The first-order chi connectivity index (χ1) is 10.7. The average Bonchev–Trinajstić information content (AvgIpc) is 3.13. The summed E-state index contributed by atoms with van der Waals surface area (Å²) < 4.78 is 16.8. The molecule has 4 heterocycles. The molecule has 4 rings (SSSR count). The number of thiophene rings is 1. The molecule has 0 spiro atoms. The zero-order valence-corrected chi connectivity index (χ0v) is 12.5. The van der Waals surface area contributed by atoms with E-state index in [1.165, 1.54) is 6.20 Å². The molecule has 4 nitrogen and oxygen atoms in total. The van der Waals surface area contributed by atoms with E-state index in [1.54, 1.807) is 34.5 Å². The summed E-state index contributed by atoms with van der Waals surface area (Å²) in [6.45, 7) is 0. The van der Waals surface area contributed by atoms with Crippen LogP contribution in [0.2, 0.25) is 0 Å². The van der Waals surface area contributed by atoms with Crippen LogP contribution in [0.5, 0.6) is 0 Å². The maximum Gasteiger partial charge on any atom is 0.149 e. The second-order valence-corrected chi connectivity index (χ2v) is 5.86. The van der Waals surface area contributed by atoms with Crippen LogP contribution in [0.15, 0.2) is 48.4 Å². The molecule has 0 saturated carbocycles. The van der Waals surface area contributed by atoms with Gasteiger partial charge < -0.3 is 0 Å². The van der Waals surface area contributed by atoms with Crippen LogP contribution in [0.4, 0.5) is 4.39 Å². The van der Waals surface area contributed by atoms with Gasteiger partial charge in [0.15, 0.2) is 0 Å². The number of halogens is 1. The number of aryl methyl sites for hydroxylation is 1. The SMILES string of the molecule is Cn1cc(-c2ccc3scc(-c4ccncc4F)c3n2)cn1. The van der Waals surface area contributed by atoms with E-state index in [4.69, 9.17) is 4.98 Å². The fraction of sp³-hybridized carbons (Fsp3) is 0.0625. The van der Waals surface area contributed by atoms with Gasteiger partial charge in [-0.1, -0.05) is 0 Å². The molecule has 4 aromatic rings. The molecule has 0 N–H and O–H groups in total. The van der Waals surface area contributed by atoms with E-state index in [0.717, 1.165) is 27.0 Å². The summed E-state index contributed by atoms with van der Waals surface area (Å²) in [4.78, 5) is 8.51. The van der Waals surface area contributed by atoms with Gasteiger partial charge in [0.2, 0.25) is 0 Å². The number of hydrogen-bond acceptors (Lipinski definition) is 4. The van der Waals surface area contributed by atoms with Gasteiger partial charge in [0.25, 0.3) is 0 Å². The Morgan fingerprint density at radius 1 is 1.14 bits per heavy atom. The molecule has 4 aromatic heterocycles. The van der Waals surface area contributed by atoms with E-state index in [0.29, 0.717) is 5.56 Å². The van der Waals surface area contributed by atoms with Crippen molar-refractivity contribution in [3.63, 3.8) is 0 Å². The van der Waals surface area contributed by atoms with Gasteiger partial charge in [0, 0.05) is 41.5 Å². The summed E-state index contributed by atoms with van der Waals surface area (Å²) in [6.07, 6.45) is 6.50. The number of aromatic nitrogens is 4. The van der Waals surface area contributed by atoms with Crippen molar-refractivity contribution in [1.82, 2.24) is 19.7 Å². The van der Waals surface area contributed by atoms with Gasteiger partial charge in [0.05, 0.1) is 28.3 Å². The fourth-order valence-electron chi connectivity index (χ4n) is 2.41. The minimum Gasteiger partial charge on any atom is -0.275 e. The summed E-state index contributed by atoms with van der Waals surface area (Å²) in [5, 5.41) is 6.10. The van der Waals surface area contributed by atoms with E-state index < -0.39 is 0 Å². The van der Waals surface area contributed by atoms with Crippen molar-refractivity contribution in [3.05, 3.63) is 54.2 Å². The number of hydrogen-bond donors (Lipinski definition) is 0. The third-order valence-electron chi connectivity index (χ3n) is 3.48. The Morgan fingerprint density at radius 2 is 2.05 bits per heavy atom. The lowest BCUT2D eigenvalue weighted by Gasteiger charge is -2.02. The van der Waals surface area contributed by atoms with Gasteiger partial charge in [0.1, 0.15) is 5.82 Å². The van der Waals surface area contributed by atoms with E-state index >= 15 is 0 Å². The molecular weight excluding hydrogens is 299 g/mol. The molecular formula is C16H11FN4S. The molecule has 0 radical (unpaired) electrons. The highest BCUT2D eigenvalue weighted by Gasteiger charge is 2.13. The van der Waals surface area contributed by atoms with Crippen LogP contribution in [-0.4, -0.2) is 19.7 Å². The second kappa shape index (κ2) is 4.99. The minimum absolute atomic E-state index is 0.337. The summed E-state index contributed by atoms with van der Waals surface area (Å²) in [6, 6.07) is 5.65. The molecule has 6 heteroatoms. The van der Waals surface area contributed by atoms with Gasteiger partial charge in [-0.3, -0.25) is 9.67 Å². The molecule has 0 aromatic carbocycles. The summed E-state index contributed by atoms with van der Waals surface area (Å²) in [5.41, 5.74) is 3.89. The van der Waals surface area contributed by atoms with Crippen LogP contribution < -0.4 is 0 Å². The molecule has 0 amide bonds. The Labute approximate surface area is 129 Å². The molecule has 0 bridgehead atoms. The van der Waals surface area contributed by atoms with Crippen molar-refractivity contribution in [2.45, 2.75) is 0 Å². The Kier molecular flexibility index (Phi) is 2.97. The second-order valence-electron chi connectivity index (χ2n) is 4.95. The van der Waals surface area contributed by atoms with E-state index in [-0.39, 0.29) is 5.82 Å². The first-order valence-electron chi connectivity index (χ1n) is 6.69. The lowest BCUT2D eigenvalue weighted by atomic mass is 10.1. The quantitative estimate of drug-likeness (QED) is 0.564. The highest BCUT2D eigenvalue weighted by atomic mass is 32.1. The van der Waals surface area contributed by atoms with Crippen molar-refractivity contribution >= 4 is 21.6 Å². The molecule has 0 atom stereocenters. The number of pyridine rings is 2. The third-order valence-corrected chi connectivity index (χ3v) is 4.42. The van der Waals surface area contributed by atoms with Crippen LogP contribution in [0, 0.1) is 5.82 Å². The van der Waals surface area contributed by atoms with Gasteiger partial charge in [-0.05, 0) is 18.2 Å². The van der Waals surface area contributed by atoms with Crippen molar-refractivity contribution in [2.24, 2.45) is 7.05 Å². The van der Waals surface area contributed by atoms with Gasteiger partial charge in [-0.2, -0.15) is 5.10 Å². The third kappa shape index (κ3) is 2.08. The minimum atomic E-state index is -0.337. The number of rotatable bonds is 2. The number of fused-ring (bicyclic) bond motifs is 1. The predicted molar refractivity (Wildman–Crippen MR) is 85.0 cm³/mol. The zero-order valence-electron chi connectivity index (χ0n) is 11.7. The van der Waals surface area contributed by atoms with E-state index in [1.807, 2.05) is 30.8 Å². The normalized spacial score (nSPS) is 11.2. The average molecular weight is 310 g/mol. The molecule has 0 aliphatic rings. The monoisotopic (exact) mass is 310 g/mol. The lowest BCUT2D eigenvalue weighted by Crippen LogP contribution is -1.87. The van der Waals surface area contributed by atoms with Crippen LogP contribution >= 0.6 is 11.3 Å². The van der Waals surface area contributed by atoms with Gasteiger partial charge in [-0.25, -0.2) is 9.37 Å². The highest BCUT2D eigenvalue weighted by Crippen LogP contribution is 2.35.